The van der Waals surface area contributed by atoms with Gasteiger partial charge in [0, 0.05) is 38.1 Å². The monoisotopic (exact) mass is 396 g/mol. The quantitative estimate of drug-likeness (QED) is 0.658. The Morgan fingerprint density at radius 3 is 2.55 bits per heavy atom. The third-order valence-electron chi connectivity index (χ3n) is 5.28. The van der Waals surface area contributed by atoms with Crippen LogP contribution < -0.4 is 20.9 Å². The molecule has 3 rings (SSSR count). The second-order valence-electron chi connectivity index (χ2n) is 7.83. The molecular formula is C22H32N6O. The number of urea groups is 1. The maximum absolute atomic E-state index is 12.4. The number of aromatic nitrogens is 2. The number of aryl methyl sites for hydroxylation is 1. The van der Waals surface area contributed by atoms with Crippen LogP contribution in [0.1, 0.15) is 44.6 Å². The summed E-state index contributed by atoms with van der Waals surface area (Å²) in [5.41, 5.74) is 2.08. The molecule has 0 radical (unpaired) electrons. The van der Waals surface area contributed by atoms with Crippen LogP contribution in [0.25, 0.3) is 0 Å². The summed E-state index contributed by atoms with van der Waals surface area (Å²) in [6.07, 6.45) is 7.63. The first kappa shape index (κ1) is 20.9. The predicted octanol–water partition coefficient (Wildman–Crippen LogP) is 4.04. The number of hydrogen-bond acceptors (Lipinski definition) is 5. The minimum atomic E-state index is -0.119. The molecule has 2 amide bonds. The molecule has 156 valence electrons. The molecule has 2 aromatic rings. The van der Waals surface area contributed by atoms with E-state index >= 15 is 0 Å². The molecule has 1 saturated carbocycles. The predicted molar refractivity (Wildman–Crippen MR) is 119 cm³/mol. The summed E-state index contributed by atoms with van der Waals surface area (Å²) in [6.45, 7) is 2.14. The van der Waals surface area contributed by atoms with Crippen molar-refractivity contribution in [3.63, 3.8) is 0 Å². The lowest BCUT2D eigenvalue weighted by Crippen LogP contribution is -2.42. The summed E-state index contributed by atoms with van der Waals surface area (Å²) in [5.74, 6) is 1.55. The Bertz CT molecular complexity index is 801. The lowest BCUT2D eigenvalue weighted by atomic mass is 9.91. The zero-order chi connectivity index (χ0) is 20.6. The van der Waals surface area contributed by atoms with Crippen LogP contribution in [0, 0.1) is 0 Å². The van der Waals surface area contributed by atoms with Gasteiger partial charge in [-0.3, -0.25) is 0 Å². The molecule has 0 unspecified atom stereocenters. The molecule has 0 bridgehead atoms. The van der Waals surface area contributed by atoms with Crippen molar-refractivity contribution >= 4 is 23.5 Å². The van der Waals surface area contributed by atoms with E-state index in [1.165, 1.54) is 5.56 Å². The molecule has 0 spiro atoms. The maximum Gasteiger partial charge on any atom is 0.319 e. The molecule has 1 aliphatic carbocycles. The summed E-state index contributed by atoms with van der Waals surface area (Å²) < 4.78 is 0. The topological polar surface area (TPSA) is 82.2 Å². The van der Waals surface area contributed by atoms with Crippen molar-refractivity contribution < 1.29 is 4.79 Å². The van der Waals surface area contributed by atoms with Gasteiger partial charge in [0.25, 0.3) is 0 Å². The third-order valence-corrected chi connectivity index (χ3v) is 5.28. The highest BCUT2D eigenvalue weighted by Gasteiger charge is 2.23. The molecule has 29 heavy (non-hydrogen) atoms. The number of carbonyl (C=O) groups is 1. The second kappa shape index (κ2) is 10.1. The van der Waals surface area contributed by atoms with Gasteiger partial charge >= 0.3 is 6.03 Å². The number of rotatable bonds is 7. The Morgan fingerprint density at radius 1 is 1.10 bits per heavy atom. The van der Waals surface area contributed by atoms with Crippen LogP contribution in [-0.2, 0) is 6.42 Å². The van der Waals surface area contributed by atoms with Gasteiger partial charge in [0.15, 0.2) is 0 Å². The summed E-state index contributed by atoms with van der Waals surface area (Å²) in [7, 11) is 3.93. The number of para-hydroxylation sites is 1. The van der Waals surface area contributed by atoms with E-state index in [0.29, 0.717) is 12.0 Å². The van der Waals surface area contributed by atoms with Gasteiger partial charge in [-0.05, 0) is 49.8 Å². The summed E-state index contributed by atoms with van der Waals surface area (Å²) in [4.78, 5) is 23.3. The van der Waals surface area contributed by atoms with Crippen molar-refractivity contribution in [1.29, 1.82) is 0 Å². The number of nitrogens with one attached hydrogen (secondary N) is 3. The fraction of sp³-hybridized carbons (Fsp3) is 0.500. The van der Waals surface area contributed by atoms with E-state index in [2.05, 4.69) is 38.9 Å². The molecule has 1 fully saturated rings. The summed E-state index contributed by atoms with van der Waals surface area (Å²) in [6, 6.07) is 10.3. The largest absolute Gasteiger partial charge is 0.363 e. The van der Waals surface area contributed by atoms with E-state index in [0.717, 1.165) is 50.0 Å². The van der Waals surface area contributed by atoms with E-state index in [-0.39, 0.29) is 12.1 Å². The molecule has 1 heterocycles. The van der Waals surface area contributed by atoms with Gasteiger partial charge in [0.1, 0.15) is 5.82 Å². The van der Waals surface area contributed by atoms with Crippen LogP contribution in [0.5, 0.6) is 0 Å². The number of amides is 2. The normalized spacial score (nSPS) is 18.7. The van der Waals surface area contributed by atoms with Crippen molar-refractivity contribution in [1.82, 2.24) is 15.3 Å². The number of carbonyl (C=O) groups excluding carboxylic acids is 1. The molecule has 0 atom stereocenters. The van der Waals surface area contributed by atoms with Crippen molar-refractivity contribution in [3.05, 3.63) is 42.1 Å². The molecule has 3 N–H and O–H groups in total. The zero-order valence-corrected chi connectivity index (χ0v) is 17.6. The van der Waals surface area contributed by atoms with Crippen molar-refractivity contribution in [2.24, 2.45) is 0 Å². The second-order valence-corrected chi connectivity index (χ2v) is 7.83. The minimum Gasteiger partial charge on any atom is -0.363 e. The maximum atomic E-state index is 12.4. The molecule has 7 heteroatoms. The highest BCUT2D eigenvalue weighted by molar-refractivity contribution is 5.90. The molecule has 7 nitrogen and oxygen atoms in total. The molecule has 1 aliphatic rings. The fourth-order valence-corrected chi connectivity index (χ4v) is 3.71. The average Bonchev–Trinajstić information content (AvgIpc) is 2.71. The minimum absolute atomic E-state index is 0.119. The van der Waals surface area contributed by atoms with Gasteiger partial charge in [0.05, 0.1) is 0 Å². The molecule has 1 aromatic carbocycles. The highest BCUT2D eigenvalue weighted by Crippen LogP contribution is 2.22. The van der Waals surface area contributed by atoms with E-state index in [1.807, 2.05) is 43.3 Å². The summed E-state index contributed by atoms with van der Waals surface area (Å²) >= 11 is 0. The van der Waals surface area contributed by atoms with Crippen molar-refractivity contribution in [2.45, 2.75) is 57.5 Å². The van der Waals surface area contributed by atoms with E-state index < -0.39 is 0 Å². The molecule has 1 aromatic heterocycles. The number of nitrogens with zero attached hydrogens (tertiary/aromatic N) is 3. The Morgan fingerprint density at radius 2 is 1.83 bits per heavy atom. The fourth-order valence-electron chi connectivity index (χ4n) is 3.71. The first-order chi connectivity index (χ1) is 14.0. The third kappa shape index (κ3) is 6.07. The van der Waals surface area contributed by atoms with Crippen LogP contribution in [0.4, 0.5) is 22.2 Å². The van der Waals surface area contributed by atoms with Crippen LogP contribution >= 0.6 is 0 Å². The standard InChI is InChI=1S/C22H32N6O/c1-4-7-16-8-5-6-9-19(16)26-22(29)25-18-12-10-17(11-13-18)24-21-23-15-14-20(27-21)28(2)3/h5-6,8-9,14-15,17-18H,4,7,10-13H2,1-3H3,(H,23,24,27)(H2,25,26,29)/t17-,18+. The van der Waals surface area contributed by atoms with E-state index in [1.54, 1.807) is 6.20 Å². The zero-order valence-electron chi connectivity index (χ0n) is 17.6. The number of anilines is 3. The van der Waals surface area contributed by atoms with Gasteiger partial charge in [0.2, 0.25) is 5.95 Å². The lowest BCUT2D eigenvalue weighted by molar-refractivity contribution is 0.243. The first-order valence-corrected chi connectivity index (χ1v) is 10.5. The highest BCUT2D eigenvalue weighted by atomic mass is 16.2. The average molecular weight is 397 g/mol. The Balaban J connectivity index is 1.46. The Kier molecular flexibility index (Phi) is 7.27. The van der Waals surface area contributed by atoms with E-state index in [9.17, 15) is 4.79 Å². The number of hydrogen-bond donors (Lipinski definition) is 3. The van der Waals surface area contributed by atoms with Crippen molar-refractivity contribution in [2.75, 3.05) is 29.6 Å². The number of benzene rings is 1. The smallest absolute Gasteiger partial charge is 0.319 e. The van der Waals surface area contributed by atoms with Crippen LogP contribution in [0.3, 0.4) is 0 Å². The van der Waals surface area contributed by atoms with Gasteiger partial charge < -0.3 is 20.9 Å². The molecular weight excluding hydrogens is 364 g/mol. The van der Waals surface area contributed by atoms with Gasteiger partial charge in [-0.2, -0.15) is 4.98 Å². The first-order valence-electron chi connectivity index (χ1n) is 10.5. The van der Waals surface area contributed by atoms with Crippen LogP contribution in [0.2, 0.25) is 0 Å². The van der Waals surface area contributed by atoms with Crippen LogP contribution in [0.15, 0.2) is 36.5 Å². The Labute approximate surface area is 173 Å². The van der Waals surface area contributed by atoms with Crippen LogP contribution in [-0.4, -0.2) is 42.2 Å². The SMILES string of the molecule is CCCc1ccccc1NC(=O)N[C@H]1CC[C@@H](Nc2nccc(N(C)C)n2)CC1. The van der Waals surface area contributed by atoms with Gasteiger partial charge in [-0.15, -0.1) is 0 Å². The van der Waals surface area contributed by atoms with Crippen molar-refractivity contribution in [3.8, 4) is 0 Å². The Hall–Kier alpha value is -2.83. The summed E-state index contributed by atoms with van der Waals surface area (Å²) in [5, 5.41) is 9.58. The lowest BCUT2D eigenvalue weighted by Gasteiger charge is -2.30. The van der Waals surface area contributed by atoms with Gasteiger partial charge in [-0.1, -0.05) is 31.5 Å². The van der Waals surface area contributed by atoms with E-state index in [4.69, 9.17) is 0 Å². The molecule has 0 saturated heterocycles. The van der Waals surface area contributed by atoms with Gasteiger partial charge in [-0.25, -0.2) is 9.78 Å². The molecule has 0 aliphatic heterocycles.